The summed E-state index contributed by atoms with van der Waals surface area (Å²) in [5.74, 6) is -0.445. The van der Waals surface area contributed by atoms with Crippen molar-refractivity contribution in [2.45, 2.75) is 6.92 Å². The van der Waals surface area contributed by atoms with Crippen LogP contribution < -0.4 is 5.32 Å². The molecular weight excluding hydrogens is 288 g/mol. The lowest BCUT2D eigenvalue weighted by molar-refractivity contribution is -0.384. The van der Waals surface area contributed by atoms with Crippen LogP contribution in [-0.2, 0) is 9.59 Å². The predicted octanol–water partition coefficient (Wildman–Crippen LogP) is 0.862. The number of likely N-dealkylation sites (N-methyl/N-ethyl adjacent to an activating group) is 2. The Balaban J connectivity index is 2.67. The minimum Gasteiger partial charge on any atom is -0.348 e. The summed E-state index contributed by atoms with van der Waals surface area (Å²) in [7, 11) is 4.94. The molecule has 0 fully saturated rings. The van der Waals surface area contributed by atoms with Gasteiger partial charge in [0.1, 0.15) is 0 Å². The van der Waals surface area contributed by atoms with E-state index in [1.54, 1.807) is 39.0 Å². The smallest absolute Gasteiger partial charge is 0.271 e. The second-order valence-electron chi connectivity index (χ2n) is 5.26. The number of rotatable bonds is 6. The average Bonchev–Trinajstić information content (AvgIpc) is 2.40. The third kappa shape index (κ3) is 5.13. The van der Waals surface area contributed by atoms with E-state index in [2.05, 4.69) is 5.32 Å². The third-order valence-corrected chi connectivity index (χ3v) is 3.02. The molecule has 8 heteroatoms. The van der Waals surface area contributed by atoms with Gasteiger partial charge in [-0.3, -0.25) is 24.6 Å². The Morgan fingerprint density at radius 2 is 1.86 bits per heavy atom. The number of hydrogen-bond donors (Lipinski definition) is 1. The number of anilines is 1. The van der Waals surface area contributed by atoms with E-state index in [1.165, 1.54) is 17.0 Å². The molecule has 1 rings (SSSR count). The van der Waals surface area contributed by atoms with Crippen molar-refractivity contribution in [1.82, 2.24) is 9.80 Å². The Morgan fingerprint density at radius 1 is 1.23 bits per heavy atom. The first-order valence-corrected chi connectivity index (χ1v) is 6.64. The van der Waals surface area contributed by atoms with Crippen molar-refractivity contribution in [1.29, 1.82) is 0 Å². The molecule has 1 aromatic carbocycles. The van der Waals surface area contributed by atoms with Crippen LogP contribution in [0.15, 0.2) is 18.2 Å². The summed E-state index contributed by atoms with van der Waals surface area (Å²) in [5, 5.41) is 13.4. The number of nitrogens with zero attached hydrogens (tertiary/aromatic N) is 3. The molecule has 8 nitrogen and oxygen atoms in total. The fourth-order valence-corrected chi connectivity index (χ4v) is 1.72. The van der Waals surface area contributed by atoms with E-state index >= 15 is 0 Å². The molecule has 2 amide bonds. The van der Waals surface area contributed by atoms with Crippen molar-refractivity contribution in [2.24, 2.45) is 0 Å². The summed E-state index contributed by atoms with van der Waals surface area (Å²) >= 11 is 0. The molecule has 1 N–H and O–H groups in total. The molecule has 0 saturated carbocycles. The number of benzene rings is 1. The molecule has 22 heavy (non-hydrogen) atoms. The van der Waals surface area contributed by atoms with E-state index in [-0.39, 0.29) is 30.6 Å². The Morgan fingerprint density at radius 3 is 2.41 bits per heavy atom. The summed E-state index contributed by atoms with van der Waals surface area (Å²) in [6.07, 6.45) is 0. The van der Waals surface area contributed by atoms with Crippen molar-refractivity contribution < 1.29 is 14.5 Å². The molecule has 120 valence electrons. The second kappa shape index (κ2) is 7.51. The second-order valence-corrected chi connectivity index (χ2v) is 5.26. The Hall–Kier alpha value is -2.48. The summed E-state index contributed by atoms with van der Waals surface area (Å²) in [5.41, 5.74) is 1.04. The van der Waals surface area contributed by atoms with Crippen LogP contribution in [0.5, 0.6) is 0 Å². The summed E-state index contributed by atoms with van der Waals surface area (Å²) in [6, 6.07) is 4.28. The first-order valence-electron chi connectivity index (χ1n) is 6.64. The molecular formula is C14H20N4O4. The van der Waals surface area contributed by atoms with E-state index in [4.69, 9.17) is 0 Å². The van der Waals surface area contributed by atoms with Gasteiger partial charge in [0.2, 0.25) is 11.8 Å². The maximum Gasteiger partial charge on any atom is 0.271 e. The highest BCUT2D eigenvalue weighted by atomic mass is 16.6. The van der Waals surface area contributed by atoms with Gasteiger partial charge >= 0.3 is 0 Å². The number of carbonyl (C=O) groups is 2. The van der Waals surface area contributed by atoms with Crippen molar-refractivity contribution in [3.8, 4) is 0 Å². The van der Waals surface area contributed by atoms with Crippen LogP contribution in [0.1, 0.15) is 5.56 Å². The molecule has 0 aromatic heterocycles. The molecule has 0 atom stereocenters. The van der Waals surface area contributed by atoms with E-state index in [0.29, 0.717) is 5.69 Å². The molecule has 0 unspecified atom stereocenters. The van der Waals surface area contributed by atoms with E-state index in [9.17, 15) is 19.7 Å². The van der Waals surface area contributed by atoms with Gasteiger partial charge in [-0.05, 0) is 19.5 Å². The van der Waals surface area contributed by atoms with Crippen LogP contribution >= 0.6 is 0 Å². The molecule has 0 bridgehead atoms. The Labute approximate surface area is 128 Å². The number of nitro benzene ring substituents is 1. The number of hydrogen-bond acceptors (Lipinski definition) is 5. The lowest BCUT2D eigenvalue weighted by Gasteiger charge is -2.18. The van der Waals surface area contributed by atoms with Gasteiger partial charge in [0.25, 0.3) is 5.69 Å². The summed E-state index contributed by atoms with van der Waals surface area (Å²) in [6.45, 7) is 1.88. The van der Waals surface area contributed by atoms with Crippen LogP contribution in [0.3, 0.4) is 0 Å². The fourth-order valence-electron chi connectivity index (χ4n) is 1.72. The van der Waals surface area contributed by atoms with Gasteiger partial charge in [-0.2, -0.15) is 0 Å². The number of amides is 2. The summed E-state index contributed by atoms with van der Waals surface area (Å²) in [4.78, 5) is 36.8. The predicted molar refractivity (Wildman–Crippen MR) is 82.7 cm³/mol. The van der Waals surface area contributed by atoms with Crippen LogP contribution in [0.2, 0.25) is 0 Å². The monoisotopic (exact) mass is 308 g/mol. The molecule has 0 spiro atoms. The van der Waals surface area contributed by atoms with Crippen LogP contribution in [-0.4, -0.2) is 60.8 Å². The fraction of sp³-hybridized carbons (Fsp3) is 0.429. The lowest BCUT2D eigenvalue weighted by atomic mass is 10.2. The highest BCUT2D eigenvalue weighted by Gasteiger charge is 2.14. The van der Waals surface area contributed by atoms with Gasteiger partial charge in [-0.15, -0.1) is 0 Å². The van der Waals surface area contributed by atoms with Crippen LogP contribution in [0.4, 0.5) is 11.4 Å². The number of nitro groups is 1. The standard InChI is InChI=1S/C14H20N4O4/c1-10-5-6-11(18(21)22)7-12(10)15-13(19)8-17(4)9-14(20)16(2)3/h5-7H,8-9H2,1-4H3,(H,15,19). The van der Waals surface area contributed by atoms with Crippen molar-refractivity contribution in [3.63, 3.8) is 0 Å². The van der Waals surface area contributed by atoms with Crippen LogP contribution in [0, 0.1) is 17.0 Å². The quantitative estimate of drug-likeness (QED) is 0.621. The lowest BCUT2D eigenvalue weighted by Crippen LogP contribution is -2.38. The molecule has 0 radical (unpaired) electrons. The topological polar surface area (TPSA) is 95.8 Å². The third-order valence-electron chi connectivity index (χ3n) is 3.02. The van der Waals surface area contributed by atoms with Crippen LogP contribution in [0.25, 0.3) is 0 Å². The van der Waals surface area contributed by atoms with Crippen molar-refractivity contribution in [2.75, 3.05) is 39.5 Å². The largest absolute Gasteiger partial charge is 0.348 e. The van der Waals surface area contributed by atoms with E-state index in [1.807, 2.05) is 0 Å². The highest BCUT2D eigenvalue weighted by Crippen LogP contribution is 2.21. The van der Waals surface area contributed by atoms with Gasteiger partial charge in [0.05, 0.1) is 23.7 Å². The molecule has 0 heterocycles. The van der Waals surface area contributed by atoms with E-state index < -0.39 is 4.92 Å². The van der Waals surface area contributed by atoms with Crippen molar-refractivity contribution >= 4 is 23.2 Å². The zero-order valence-electron chi connectivity index (χ0n) is 13.1. The first kappa shape index (κ1) is 17.6. The van der Waals surface area contributed by atoms with E-state index in [0.717, 1.165) is 5.56 Å². The zero-order valence-corrected chi connectivity index (χ0v) is 13.1. The van der Waals surface area contributed by atoms with Gasteiger partial charge in [0, 0.05) is 26.2 Å². The number of nitrogens with one attached hydrogen (secondary N) is 1. The Bertz CT molecular complexity index is 586. The highest BCUT2D eigenvalue weighted by molar-refractivity contribution is 5.93. The molecule has 1 aromatic rings. The first-order chi connectivity index (χ1) is 10.2. The van der Waals surface area contributed by atoms with Gasteiger partial charge in [-0.25, -0.2) is 0 Å². The SMILES string of the molecule is Cc1ccc([N+](=O)[O-])cc1NC(=O)CN(C)CC(=O)N(C)C. The average molecular weight is 308 g/mol. The number of carbonyl (C=O) groups excluding carboxylic acids is 2. The van der Waals surface area contributed by atoms with Gasteiger partial charge in [-0.1, -0.05) is 6.07 Å². The minimum absolute atomic E-state index is 0.0156. The number of non-ortho nitro benzene ring substituents is 1. The van der Waals surface area contributed by atoms with Crippen molar-refractivity contribution in [3.05, 3.63) is 33.9 Å². The maximum absolute atomic E-state index is 12.0. The van der Waals surface area contributed by atoms with Gasteiger partial charge in [0.15, 0.2) is 0 Å². The zero-order chi connectivity index (χ0) is 16.9. The Kier molecular flexibility index (Phi) is 6.00. The van der Waals surface area contributed by atoms with Gasteiger partial charge < -0.3 is 10.2 Å². The molecule has 0 aliphatic heterocycles. The normalized spacial score (nSPS) is 10.4. The molecule has 0 aliphatic rings. The molecule has 0 saturated heterocycles. The minimum atomic E-state index is -0.517. The molecule has 0 aliphatic carbocycles. The summed E-state index contributed by atoms with van der Waals surface area (Å²) < 4.78 is 0. The maximum atomic E-state index is 12.0. The number of aryl methyl sites for hydroxylation is 1.